The highest BCUT2D eigenvalue weighted by molar-refractivity contribution is 5.95. The van der Waals surface area contributed by atoms with E-state index in [4.69, 9.17) is 0 Å². The number of nitrogens with zero attached hydrogens (tertiary/aromatic N) is 4. The van der Waals surface area contributed by atoms with Crippen molar-refractivity contribution in [2.45, 2.75) is 70.2 Å². The molecule has 0 unspecified atom stereocenters. The Hall–Kier alpha value is -3.54. The molecule has 0 aliphatic heterocycles. The number of alkyl halides is 1. The molecule has 1 amide bonds. The summed E-state index contributed by atoms with van der Waals surface area (Å²) in [6, 6.07) is 2.25. The number of hydrogen-bond donors (Lipinski definition) is 2. The normalized spacial score (nSPS) is 22.6. The third-order valence-electron chi connectivity index (χ3n) is 7.80. The van der Waals surface area contributed by atoms with E-state index < -0.39 is 58.3 Å². The Morgan fingerprint density at radius 3 is 2.35 bits per heavy atom. The Morgan fingerprint density at radius 2 is 1.75 bits per heavy atom. The minimum absolute atomic E-state index is 0.0572. The number of carbonyl (C=O) groups excluding carboxylic acids is 1. The maximum Gasteiger partial charge on any atom is 0.260 e. The first-order valence-electron chi connectivity index (χ1n) is 13.4. The number of benzene rings is 1. The standard InChI is InChI=1S/C28H32F4N6O2/c1-13(2)38-25-14(12-33-28(36-25)34-15-5-7-16(8-6-15)37(3)4)9-18(27(38)40)17-10-21(30)24(23(32)22(17)31)35-26(39)19-11-20(19)29/h9-10,12-13,15-16,19-20H,5-8,11H2,1-4H3,(H,35,39)(H,33,34,36)/t15?,16?,19-,20+/m0/s1. The van der Waals surface area contributed by atoms with Crippen molar-refractivity contribution >= 4 is 28.6 Å². The molecule has 2 aliphatic carbocycles. The molecule has 0 saturated heterocycles. The zero-order chi connectivity index (χ0) is 28.9. The van der Waals surface area contributed by atoms with Crippen molar-refractivity contribution in [2.24, 2.45) is 5.92 Å². The molecule has 8 nitrogen and oxygen atoms in total. The highest BCUT2D eigenvalue weighted by atomic mass is 19.2. The van der Waals surface area contributed by atoms with Gasteiger partial charge in [-0.1, -0.05) is 0 Å². The van der Waals surface area contributed by atoms with E-state index in [1.807, 2.05) is 5.32 Å². The smallest absolute Gasteiger partial charge is 0.260 e. The molecule has 40 heavy (non-hydrogen) atoms. The molecule has 1 aromatic carbocycles. The Bertz CT molecular complexity index is 1520. The van der Waals surface area contributed by atoms with Crippen LogP contribution in [0, 0.1) is 23.4 Å². The van der Waals surface area contributed by atoms with Crippen molar-refractivity contribution in [3.05, 3.63) is 46.1 Å². The molecular formula is C28H32F4N6O2. The van der Waals surface area contributed by atoms with Crippen LogP contribution < -0.4 is 16.2 Å². The van der Waals surface area contributed by atoms with E-state index in [9.17, 15) is 22.8 Å². The summed E-state index contributed by atoms with van der Waals surface area (Å²) in [4.78, 5) is 36.7. The summed E-state index contributed by atoms with van der Waals surface area (Å²) >= 11 is 0. The van der Waals surface area contributed by atoms with Crippen LogP contribution in [0.4, 0.5) is 29.2 Å². The average molecular weight is 561 g/mol. The van der Waals surface area contributed by atoms with Crippen molar-refractivity contribution in [2.75, 3.05) is 24.7 Å². The fourth-order valence-electron chi connectivity index (χ4n) is 5.34. The maximum absolute atomic E-state index is 15.2. The molecule has 2 aromatic heterocycles. The van der Waals surface area contributed by atoms with Gasteiger partial charge in [0.1, 0.15) is 17.5 Å². The molecule has 2 heterocycles. The molecule has 2 aliphatic rings. The molecular weight excluding hydrogens is 528 g/mol. The van der Waals surface area contributed by atoms with Gasteiger partial charge in [0.05, 0.1) is 11.5 Å². The summed E-state index contributed by atoms with van der Waals surface area (Å²) in [5.74, 6) is -6.06. The first kappa shape index (κ1) is 28.0. The predicted octanol–water partition coefficient (Wildman–Crippen LogP) is 5.04. The number of nitrogens with one attached hydrogen (secondary N) is 2. The molecule has 5 rings (SSSR count). The van der Waals surface area contributed by atoms with E-state index in [0.717, 1.165) is 25.7 Å². The number of halogens is 4. The maximum atomic E-state index is 15.2. The number of pyridine rings is 1. The van der Waals surface area contributed by atoms with Crippen LogP contribution in [-0.2, 0) is 4.79 Å². The topological polar surface area (TPSA) is 92.1 Å². The number of carbonyl (C=O) groups is 1. The Kier molecular flexibility index (Phi) is 7.56. The Morgan fingerprint density at radius 1 is 1.07 bits per heavy atom. The molecule has 2 atom stereocenters. The van der Waals surface area contributed by atoms with Crippen LogP contribution in [0.3, 0.4) is 0 Å². The van der Waals surface area contributed by atoms with Crippen LogP contribution in [0.1, 0.15) is 52.0 Å². The largest absolute Gasteiger partial charge is 0.351 e. The highest BCUT2D eigenvalue weighted by Crippen LogP contribution is 2.37. The van der Waals surface area contributed by atoms with Crippen molar-refractivity contribution in [1.82, 2.24) is 19.4 Å². The van der Waals surface area contributed by atoms with Gasteiger partial charge in [0.2, 0.25) is 11.9 Å². The van der Waals surface area contributed by atoms with Gasteiger partial charge in [-0.25, -0.2) is 22.5 Å². The second-order valence-corrected chi connectivity index (χ2v) is 11.2. The number of fused-ring (bicyclic) bond motifs is 1. The molecule has 2 fully saturated rings. The average Bonchev–Trinajstić information content (AvgIpc) is 3.65. The number of aromatic nitrogens is 3. The fraction of sp³-hybridized carbons (Fsp3) is 0.500. The summed E-state index contributed by atoms with van der Waals surface area (Å²) in [5.41, 5.74) is -2.30. The van der Waals surface area contributed by atoms with Gasteiger partial charge >= 0.3 is 0 Å². The van der Waals surface area contributed by atoms with E-state index in [0.29, 0.717) is 29.1 Å². The Balaban J connectivity index is 1.49. The number of anilines is 2. The van der Waals surface area contributed by atoms with Gasteiger partial charge in [0.25, 0.3) is 5.56 Å². The predicted molar refractivity (Wildman–Crippen MR) is 144 cm³/mol. The third-order valence-corrected chi connectivity index (χ3v) is 7.80. The lowest BCUT2D eigenvalue weighted by atomic mass is 9.91. The van der Waals surface area contributed by atoms with E-state index in [1.165, 1.54) is 16.8 Å². The monoisotopic (exact) mass is 560 g/mol. The lowest BCUT2D eigenvalue weighted by Crippen LogP contribution is -2.36. The minimum atomic E-state index is -1.67. The minimum Gasteiger partial charge on any atom is -0.351 e. The van der Waals surface area contributed by atoms with Crippen molar-refractivity contribution in [3.63, 3.8) is 0 Å². The molecule has 0 spiro atoms. The lowest BCUT2D eigenvalue weighted by Gasteiger charge is -2.33. The van der Waals surface area contributed by atoms with Gasteiger partial charge in [-0.05, 0) is 72.2 Å². The lowest BCUT2D eigenvalue weighted by molar-refractivity contribution is -0.117. The fourth-order valence-corrected chi connectivity index (χ4v) is 5.34. The van der Waals surface area contributed by atoms with Crippen molar-refractivity contribution in [1.29, 1.82) is 0 Å². The summed E-state index contributed by atoms with van der Waals surface area (Å²) in [7, 11) is 4.14. The zero-order valence-corrected chi connectivity index (χ0v) is 22.8. The molecule has 12 heteroatoms. The first-order valence-corrected chi connectivity index (χ1v) is 13.4. The Labute approximate surface area is 228 Å². The number of rotatable bonds is 7. The number of hydrogen-bond acceptors (Lipinski definition) is 6. The van der Waals surface area contributed by atoms with Crippen LogP contribution in [0.2, 0.25) is 0 Å². The third kappa shape index (κ3) is 5.28. The van der Waals surface area contributed by atoms with Gasteiger partial charge in [-0.2, -0.15) is 4.98 Å². The van der Waals surface area contributed by atoms with Crippen LogP contribution >= 0.6 is 0 Å². The SMILES string of the molecule is CC(C)n1c(=O)c(-c2cc(F)c(NC(=O)[C@H]3C[C@H]3F)c(F)c2F)cc2cnc(NC3CCC(N(C)C)CC3)nc21. The van der Waals surface area contributed by atoms with E-state index in [1.54, 1.807) is 13.8 Å². The van der Waals surface area contributed by atoms with Gasteiger partial charge in [0, 0.05) is 35.3 Å². The molecule has 214 valence electrons. The summed E-state index contributed by atoms with van der Waals surface area (Å²) in [5, 5.41) is 5.66. The molecule has 3 aromatic rings. The first-order chi connectivity index (χ1) is 19.0. The van der Waals surface area contributed by atoms with E-state index >= 15 is 4.39 Å². The summed E-state index contributed by atoms with van der Waals surface area (Å²) in [6.07, 6.45) is 4.01. The molecule has 2 N–H and O–H groups in total. The second-order valence-electron chi connectivity index (χ2n) is 11.2. The van der Waals surface area contributed by atoms with Crippen LogP contribution in [-0.4, -0.2) is 57.7 Å². The van der Waals surface area contributed by atoms with Gasteiger partial charge in [0.15, 0.2) is 17.5 Å². The number of amides is 1. The van der Waals surface area contributed by atoms with Crippen LogP contribution in [0.15, 0.2) is 23.1 Å². The van der Waals surface area contributed by atoms with Crippen LogP contribution in [0.25, 0.3) is 22.2 Å². The summed E-state index contributed by atoms with van der Waals surface area (Å²) in [6.45, 7) is 3.49. The van der Waals surface area contributed by atoms with Gasteiger partial charge in [-0.3, -0.25) is 14.2 Å². The van der Waals surface area contributed by atoms with Crippen LogP contribution in [0.5, 0.6) is 0 Å². The highest BCUT2D eigenvalue weighted by Gasteiger charge is 2.44. The summed E-state index contributed by atoms with van der Waals surface area (Å²) < 4.78 is 59.6. The quantitative estimate of drug-likeness (QED) is 0.311. The zero-order valence-electron chi connectivity index (χ0n) is 22.8. The van der Waals surface area contributed by atoms with Crippen molar-refractivity contribution in [3.8, 4) is 11.1 Å². The van der Waals surface area contributed by atoms with E-state index in [-0.39, 0.29) is 18.0 Å². The van der Waals surface area contributed by atoms with E-state index in [2.05, 4.69) is 34.3 Å². The molecule has 2 saturated carbocycles. The molecule has 0 radical (unpaired) electrons. The van der Waals surface area contributed by atoms with Gasteiger partial charge < -0.3 is 15.5 Å². The molecule has 0 bridgehead atoms. The second kappa shape index (κ2) is 10.8. The van der Waals surface area contributed by atoms with Crippen molar-refractivity contribution < 1.29 is 22.4 Å². The van der Waals surface area contributed by atoms with Gasteiger partial charge in [-0.15, -0.1) is 0 Å².